The van der Waals surface area contributed by atoms with E-state index in [1.807, 2.05) is 30.3 Å². The maximum absolute atomic E-state index is 12.1. The van der Waals surface area contributed by atoms with Gasteiger partial charge in [0.05, 0.1) is 10.8 Å². The van der Waals surface area contributed by atoms with Gasteiger partial charge in [0.2, 0.25) is 0 Å². The Morgan fingerprint density at radius 1 is 1.30 bits per heavy atom. The number of hydrogen-bond acceptors (Lipinski definition) is 3. The minimum absolute atomic E-state index is 0.184. The minimum atomic E-state index is -0.934. The number of rotatable bonds is 5. The molecule has 1 heterocycles. The Labute approximate surface area is 122 Å². The molecule has 1 saturated heterocycles. The quantitative estimate of drug-likeness (QED) is 0.848. The predicted octanol–water partition coefficient (Wildman–Crippen LogP) is 0.927. The highest BCUT2D eigenvalue weighted by atomic mass is 32.2. The summed E-state index contributed by atoms with van der Waals surface area (Å²) in [6.07, 6.45) is 1.81. The van der Waals surface area contributed by atoms with Crippen LogP contribution in [0.1, 0.15) is 12.8 Å². The predicted molar refractivity (Wildman–Crippen MR) is 79.9 cm³/mol. The largest absolute Gasteiger partial charge is 0.352 e. The molecule has 1 atom stereocenters. The van der Waals surface area contributed by atoms with E-state index in [9.17, 15) is 9.00 Å². The molecule has 0 spiro atoms. The topological polar surface area (TPSA) is 75.4 Å². The van der Waals surface area contributed by atoms with Crippen molar-refractivity contribution in [3.8, 4) is 0 Å². The summed E-state index contributed by atoms with van der Waals surface area (Å²) in [6, 6.07) is 9.29. The molecule has 3 N–H and O–H groups in total. The number of nitrogens with zero attached hydrogens (tertiary/aromatic N) is 1. The van der Waals surface area contributed by atoms with E-state index in [4.69, 9.17) is 5.73 Å². The lowest BCUT2D eigenvalue weighted by atomic mass is 10.1. The zero-order chi connectivity index (χ0) is 14.4. The number of piperidine rings is 1. The fourth-order valence-corrected chi connectivity index (χ4v) is 3.52. The lowest BCUT2D eigenvalue weighted by molar-refractivity contribution is 0.202. The summed E-state index contributed by atoms with van der Waals surface area (Å²) < 4.78 is 12.1. The molecule has 1 aromatic carbocycles. The monoisotopic (exact) mass is 295 g/mol. The van der Waals surface area contributed by atoms with Crippen LogP contribution in [0.15, 0.2) is 35.2 Å². The van der Waals surface area contributed by atoms with Gasteiger partial charge in [-0.15, -0.1) is 0 Å². The van der Waals surface area contributed by atoms with Gasteiger partial charge in [0.25, 0.3) is 0 Å². The molecule has 20 heavy (non-hydrogen) atoms. The molecule has 6 heteroatoms. The highest BCUT2D eigenvalue weighted by molar-refractivity contribution is 7.85. The van der Waals surface area contributed by atoms with Crippen molar-refractivity contribution in [1.82, 2.24) is 10.2 Å². The van der Waals surface area contributed by atoms with Crippen LogP contribution in [-0.2, 0) is 10.8 Å². The first kappa shape index (κ1) is 15.0. The Morgan fingerprint density at radius 3 is 2.55 bits per heavy atom. The van der Waals surface area contributed by atoms with E-state index in [2.05, 4.69) is 10.2 Å². The zero-order valence-electron chi connectivity index (χ0n) is 11.5. The number of carbonyl (C=O) groups excluding carboxylic acids is 1. The van der Waals surface area contributed by atoms with Crippen LogP contribution in [0.4, 0.5) is 4.79 Å². The van der Waals surface area contributed by atoms with Crippen LogP contribution in [0.3, 0.4) is 0 Å². The van der Waals surface area contributed by atoms with Crippen molar-refractivity contribution < 1.29 is 9.00 Å². The van der Waals surface area contributed by atoms with Crippen LogP contribution in [0.2, 0.25) is 0 Å². The van der Waals surface area contributed by atoms with Gasteiger partial charge in [0.15, 0.2) is 0 Å². The second kappa shape index (κ2) is 7.40. The number of benzene rings is 1. The Kier molecular flexibility index (Phi) is 5.55. The molecule has 110 valence electrons. The molecule has 1 aliphatic heterocycles. The molecule has 0 radical (unpaired) electrons. The second-order valence-electron chi connectivity index (χ2n) is 4.99. The van der Waals surface area contributed by atoms with Crippen LogP contribution < -0.4 is 11.1 Å². The summed E-state index contributed by atoms with van der Waals surface area (Å²) in [5.41, 5.74) is 5.12. The minimum Gasteiger partial charge on any atom is -0.352 e. The SMILES string of the molecule is NC(=O)NC1CCN(CC[S@](=O)c2ccccc2)CC1. The Balaban J connectivity index is 1.71. The fraction of sp³-hybridized carbons (Fsp3) is 0.500. The van der Waals surface area contributed by atoms with Gasteiger partial charge < -0.3 is 16.0 Å². The van der Waals surface area contributed by atoms with Crippen molar-refractivity contribution in [3.63, 3.8) is 0 Å². The van der Waals surface area contributed by atoms with Gasteiger partial charge >= 0.3 is 6.03 Å². The summed E-state index contributed by atoms with van der Waals surface area (Å²) in [4.78, 5) is 14.0. The van der Waals surface area contributed by atoms with Crippen molar-refractivity contribution in [2.24, 2.45) is 5.73 Å². The van der Waals surface area contributed by atoms with Crippen molar-refractivity contribution in [2.75, 3.05) is 25.4 Å². The third kappa shape index (κ3) is 4.61. The van der Waals surface area contributed by atoms with E-state index in [-0.39, 0.29) is 6.04 Å². The van der Waals surface area contributed by atoms with E-state index in [0.717, 1.165) is 37.4 Å². The summed E-state index contributed by atoms with van der Waals surface area (Å²) in [5, 5.41) is 2.75. The van der Waals surface area contributed by atoms with Crippen LogP contribution in [0, 0.1) is 0 Å². The average Bonchev–Trinajstić information content (AvgIpc) is 2.46. The lowest BCUT2D eigenvalue weighted by Crippen LogP contribution is -2.47. The zero-order valence-corrected chi connectivity index (χ0v) is 12.3. The maximum Gasteiger partial charge on any atom is 0.312 e. The lowest BCUT2D eigenvalue weighted by Gasteiger charge is -2.31. The highest BCUT2D eigenvalue weighted by Crippen LogP contribution is 2.11. The first-order valence-electron chi connectivity index (χ1n) is 6.87. The molecular formula is C14H21N3O2S. The van der Waals surface area contributed by atoms with E-state index in [1.165, 1.54) is 0 Å². The molecule has 1 aliphatic rings. The van der Waals surface area contributed by atoms with Crippen LogP contribution >= 0.6 is 0 Å². The summed E-state index contributed by atoms with van der Waals surface area (Å²) in [6.45, 7) is 2.65. The van der Waals surface area contributed by atoms with Crippen molar-refractivity contribution in [3.05, 3.63) is 30.3 Å². The highest BCUT2D eigenvalue weighted by Gasteiger charge is 2.20. The van der Waals surface area contributed by atoms with Gasteiger partial charge in [-0.1, -0.05) is 18.2 Å². The number of urea groups is 1. The van der Waals surface area contributed by atoms with Crippen LogP contribution in [-0.4, -0.2) is 46.6 Å². The maximum atomic E-state index is 12.1. The number of likely N-dealkylation sites (tertiary alicyclic amines) is 1. The Morgan fingerprint density at radius 2 is 1.95 bits per heavy atom. The first-order valence-corrected chi connectivity index (χ1v) is 8.19. The molecule has 2 rings (SSSR count). The van der Waals surface area contributed by atoms with E-state index >= 15 is 0 Å². The molecule has 0 aromatic heterocycles. The molecule has 1 aromatic rings. The van der Waals surface area contributed by atoms with Gasteiger partial charge in [-0.25, -0.2) is 4.79 Å². The van der Waals surface area contributed by atoms with Crippen LogP contribution in [0.5, 0.6) is 0 Å². The van der Waals surface area contributed by atoms with Crippen LogP contribution in [0.25, 0.3) is 0 Å². The van der Waals surface area contributed by atoms with E-state index < -0.39 is 16.8 Å². The van der Waals surface area contributed by atoms with Gasteiger partial charge in [-0.05, 0) is 25.0 Å². The summed E-state index contributed by atoms with van der Waals surface area (Å²) in [7, 11) is -0.934. The van der Waals surface area contributed by atoms with Crippen molar-refractivity contribution in [1.29, 1.82) is 0 Å². The molecule has 2 amide bonds. The number of primary amides is 1. The molecular weight excluding hydrogens is 274 g/mol. The second-order valence-corrected chi connectivity index (χ2v) is 6.56. The van der Waals surface area contributed by atoms with Crippen molar-refractivity contribution >= 4 is 16.8 Å². The van der Waals surface area contributed by atoms with Gasteiger partial charge in [-0.2, -0.15) is 0 Å². The number of nitrogens with one attached hydrogen (secondary N) is 1. The van der Waals surface area contributed by atoms with Crippen molar-refractivity contribution in [2.45, 2.75) is 23.8 Å². The smallest absolute Gasteiger partial charge is 0.312 e. The molecule has 0 bridgehead atoms. The Hall–Kier alpha value is -1.40. The number of amides is 2. The molecule has 5 nitrogen and oxygen atoms in total. The molecule has 1 fully saturated rings. The fourth-order valence-electron chi connectivity index (χ4n) is 2.40. The van der Waals surface area contributed by atoms with Gasteiger partial charge in [-0.3, -0.25) is 4.21 Å². The molecule has 0 saturated carbocycles. The number of nitrogens with two attached hydrogens (primary N) is 1. The normalized spacial score (nSPS) is 18.6. The molecule has 0 aliphatic carbocycles. The summed E-state index contributed by atoms with van der Waals surface area (Å²) in [5.74, 6) is 0.651. The summed E-state index contributed by atoms with van der Waals surface area (Å²) >= 11 is 0. The third-order valence-electron chi connectivity index (χ3n) is 3.53. The van der Waals surface area contributed by atoms with Gasteiger partial charge in [0.1, 0.15) is 0 Å². The average molecular weight is 295 g/mol. The van der Waals surface area contributed by atoms with Gasteiger partial charge in [0, 0.05) is 36.3 Å². The first-order chi connectivity index (χ1) is 9.65. The standard InChI is InChI=1S/C14H21N3O2S/c15-14(18)16-12-6-8-17(9-7-12)10-11-20(19)13-4-2-1-3-5-13/h1-5,12H,6-11H2,(H3,15,16,18)/t20-/m0/s1. The third-order valence-corrected chi connectivity index (χ3v) is 4.88. The Bertz CT molecular complexity index is 459. The molecule has 0 unspecified atom stereocenters. The number of carbonyl (C=O) groups is 1. The number of hydrogen-bond donors (Lipinski definition) is 2. The van der Waals surface area contributed by atoms with E-state index in [0.29, 0.717) is 5.75 Å². The van der Waals surface area contributed by atoms with E-state index in [1.54, 1.807) is 0 Å².